The van der Waals surface area contributed by atoms with Crippen LogP contribution in [0.5, 0.6) is 5.88 Å². The van der Waals surface area contributed by atoms with Crippen LogP contribution in [-0.2, 0) is 11.3 Å². The number of hydrogen-bond donors (Lipinski definition) is 1. The van der Waals surface area contributed by atoms with E-state index in [2.05, 4.69) is 32.1 Å². The lowest BCUT2D eigenvalue weighted by atomic mass is 10.2. The molecule has 4 rings (SSSR count). The standard InChI is InChI=1S/C17H20N6O2S/c1-11-5-13(25-16-6-15-18-3-4-22(15)10-20-16)8-23(11)9-14-7-19-17(26-14)21-12(2)24/h3-4,6-7,10-11,13H,5,8-9H2,1-2H3,(H,19,21,24). The van der Waals surface area contributed by atoms with Crippen LogP contribution in [0.2, 0.25) is 0 Å². The zero-order chi connectivity index (χ0) is 18.1. The molecule has 3 aromatic rings. The predicted molar refractivity (Wildman–Crippen MR) is 98.3 cm³/mol. The van der Waals surface area contributed by atoms with E-state index in [9.17, 15) is 4.79 Å². The van der Waals surface area contributed by atoms with Gasteiger partial charge in [0, 0.05) is 62.0 Å². The molecule has 4 heterocycles. The summed E-state index contributed by atoms with van der Waals surface area (Å²) in [5, 5.41) is 3.37. The van der Waals surface area contributed by atoms with E-state index in [4.69, 9.17) is 4.74 Å². The van der Waals surface area contributed by atoms with E-state index in [-0.39, 0.29) is 12.0 Å². The second-order valence-corrected chi connectivity index (χ2v) is 7.60. The Kier molecular flexibility index (Phi) is 4.56. The molecule has 0 bridgehead atoms. The van der Waals surface area contributed by atoms with Gasteiger partial charge in [-0.25, -0.2) is 15.0 Å². The number of rotatable bonds is 5. The van der Waals surface area contributed by atoms with Crippen molar-refractivity contribution >= 4 is 28.0 Å². The Morgan fingerprint density at radius 3 is 3.15 bits per heavy atom. The van der Waals surface area contributed by atoms with Gasteiger partial charge in [0.05, 0.1) is 0 Å². The molecule has 0 spiro atoms. The third-order valence-electron chi connectivity index (χ3n) is 4.41. The molecule has 136 valence electrons. The van der Waals surface area contributed by atoms with Gasteiger partial charge in [0.1, 0.15) is 18.1 Å². The molecule has 1 N–H and O–H groups in total. The molecule has 1 saturated heterocycles. The van der Waals surface area contributed by atoms with E-state index in [1.54, 1.807) is 12.5 Å². The van der Waals surface area contributed by atoms with Crippen molar-refractivity contribution in [3.8, 4) is 5.88 Å². The smallest absolute Gasteiger partial charge is 0.223 e. The Balaban J connectivity index is 1.37. The van der Waals surface area contributed by atoms with E-state index in [0.29, 0.717) is 17.1 Å². The first kappa shape index (κ1) is 16.9. The fourth-order valence-electron chi connectivity index (χ4n) is 3.18. The van der Waals surface area contributed by atoms with Crippen LogP contribution in [-0.4, -0.2) is 48.9 Å². The van der Waals surface area contributed by atoms with E-state index < -0.39 is 0 Å². The van der Waals surface area contributed by atoms with Crippen molar-refractivity contribution in [2.75, 3.05) is 11.9 Å². The summed E-state index contributed by atoms with van der Waals surface area (Å²) in [5.74, 6) is 0.504. The minimum atomic E-state index is -0.101. The van der Waals surface area contributed by atoms with Gasteiger partial charge in [0.25, 0.3) is 0 Å². The molecule has 1 fully saturated rings. The summed E-state index contributed by atoms with van der Waals surface area (Å²) in [6.07, 6.45) is 8.18. The Bertz CT molecular complexity index is 923. The van der Waals surface area contributed by atoms with E-state index >= 15 is 0 Å². The number of ether oxygens (including phenoxy) is 1. The van der Waals surface area contributed by atoms with Gasteiger partial charge in [-0.2, -0.15) is 0 Å². The van der Waals surface area contributed by atoms with Crippen LogP contribution in [0.25, 0.3) is 5.65 Å². The largest absolute Gasteiger partial charge is 0.473 e. The average Bonchev–Trinajstić information content (AvgIpc) is 3.29. The molecular formula is C17H20N6O2S. The molecule has 1 amide bonds. The molecule has 26 heavy (non-hydrogen) atoms. The summed E-state index contributed by atoms with van der Waals surface area (Å²) >= 11 is 1.51. The molecule has 0 radical (unpaired) electrons. The molecule has 0 saturated carbocycles. The maximum Gasteiger partial charge on any atom is 0.223 e. The minimum Gasteiger partial charge on any atom is -0.473 e. The quantitative estimate of drug-likeness (QED) is 0.739. The second-order valence-electron chi connectivity index (χ2n) is 6.49. The van der Waals surface area contributed by atoms with Gasteiger partial charge in [-0.05, 0) is 6.92 Å². The van der Waals surface area contributed by atoms with Crippen molar-refractivity contribution in [1.82, 2.24) is 24.3 Å². The Morgan fingerprint density at radius 1 is 1.42 bits per heavy atom. The number of hydrogen-bond acceptors (Lipinski definition) is 7. The van der Waals surface area contributed by atoms with Crippen LogP contribution in [0.3, 0.4) is 0 Å². The van der Waals surface area contributed by atoms with Crippen molar-refractivity contribution in [1.29, 1.82) is 0 Å². The molecule has 2 unspecified atom stereocenters. The van der Waals surface area contributed by atoms with E-state index in [1.807, 2.05) is 22.9 Å². The zero-order valence-corrected chi connectivity index (χ0v) is 15.4. The SMILES string of the molecule is CC(=O)Nc1ncc(CN2CC(Oc3cc4nccn4cn3)CC2C)s1. The summed E-state index contributed by atoms with van der Waals surface area (Å²) in [5.41, 5.74) is 0.827. The average molecular weight is 372 g/mol. The first-order valence-corrected chi connectivity index (χ1v) is 9.30. The normalized spacial score (nSPS) is 20.5. The number of anilines is 1. The van der Waals surface area contributed by atoms with Gasteiger partial charge in [-0.15, -0.1) is 11.3 Å². The van der Waals surface area contributed by atoms with Gasteiger partial charge in [0.15, 0.2) is 5.13 Å². The monoisotopic (exact) mass is 372 g/mol. The molecule has 0 aromatic carbocycles. The summed E-state index contributed by atoms with van der Waals surface area (Å²) in [6, 6.07) is 2.26. The number of imidazole rings is 1. The fraction of sp³-hybridized carbons (Fsp3) is 0.412. The number of fused-ring (bicyclic) bond motifs is 1. The van der Waals surface area contributed by atoms with Gasteiger partial charge in [-0.1, -0.05) is 0 Å². The molecule has 9 heteroatoms. The zero-order valence-electron chi connectivity index (χ0n) is 14.6. The lowest BCUT2D eigenvalue weighted by molar-refractivity contribution is -0.114. The minimum absolute atomic E-state index is 0.0950. The van der Waals surface area contributed by atoms with Crippen molar-refractivity contribution in [2.24, 2.45) is 0 Å². The highest BCUT2D eigenvalue weighted by Crippen LogP contribution is 2.26. The number of likely N-dealkylation sites (tertiary alicyclic amines) is 1. The van der Waals surface area contributed by atoms with Crippen LogP contribution in [0.1, 0.15) is 25.1 Å². The van der Waals surface area contributed by atoms with Crippen LogP contribution in [0, 0.1) is 0 Å². The highest BCUT2D eigenvalue weighted by atomic mass is 32.1. The number of amides is 1. The number of nitrogens with zero attached hydrogens (tertiary/aromatic N) is 5. The van der Waals surface area contributed by atoms with Gasteiger partial charge < -0.3 is 10.1 Å². The number of nitrogens with one attached hydrogen (secondary N) is 1. The number of carbonyl (C=O) groups is 1. The molecule has 3 aromatic heterocycles. The van der Waals surface area contributed by atoms with Crippen LogP contribution >= 0.6 is 11.3 Å². The number of aromatic nitrogens is 4. The van der Waals surface area contributed by atoms with Crippen LogP contribution in [0.4, 0.5) is 5.13 Å². The van der Waals surface area contributed by atoms with Gasteiger partial charge >= 0.3 is 0 Å². The Labute approximate surface area is 154 Å². The van der Waals surface area contributed by atoms with Crippen molar-refractivity contribution in [3.63, 3.8) is 0 Å². The highest BCUT2D eigenvalue weighted by Gasteiger charge is 2.31. The first-order chi connectivity index (χ1) is 12.6. The van der Waals surface area contributed by atoms with Crippen molar-refractivity contribution in [2.45, 2.75) is 39.0 Å². The highest BCUT2D eigenvalue weighted by molar-refractivity contribution is 7.15. The maximum absolute atomic E-state index is 11.1. The second kappa shape index (κ2) is 7.00. The molecule has 1 aliphatic heterocycles. The number of carbonyl (C=O) groups excluding carboxylic acids is 1. The lowest BCUT2D eigenvalue weighted by Crippen LogP contribution is -2.27. The van der Waals surface area contributed by atoms with Gasteiger partial charge in [0.2, 0.25) is 11.8 Å². The van der Waals surface area contributed by atoms with Crippen molar-refractivity contribution < 1.29 is 9.53 Å². The molecule has 1 aliphatic rings. The first-order valence-electron chi connectivity index (χ1n) is 8.48. The lowest BCUT2D eigenvalue weighted by Gasteiger charge is -2.19. The molecular weight excluding hydrogens is 352 g/mol. The summed E-state index contributed by atoms with van der Waals surface area (Å²) in [4.78, 5) is 27.4. The summed E-state index contributed by atoms with van der Waals surface area (Å²) in [7, 11) is 0. The van der Waals surface area contributed by atoms with E-state index in [1.165, 1.54) is 18.3 Å². The molecule has 0 aliphatic carbocycles. The third-order valence-corrected chi connectivity index (χ3v) is 5.31. The predicted octanol–water partition coefficient (Wildman–Crippen LogP) is 2.19. The number of thiazole rings is 1. The topological polar surface area (TPSA) is 84.7 Å². The van der Waals surface area contributed by atoms with Crippen molar-refractivity contribution in [3.05, 3.63) is 35.9 Å². The Hall–Kier alpha value is -2.52. The molecule has 8 nitrogen and oxygen atoms in total. The van der Waals surface area contributed by atoms with Crippen LogP contribution < -0.4 is 10.1 Å². The summed E-state index contributed by atoms with van der Waals surface area (Å²) in [6.45, 7) is 5.31. The molecule has 2 atom stereocenters. The van der Waals surface area contributed by atoms with Crippen LogP contribution in [0.15, 0.2) is 31.0 Å². The fourth-order valence-corrected chi connectivity index (χ4v) is 4.06. The Morgan fingerprint density at radius 2 is 2.31 bits per heavy atom. The van der Waals surface area contributed by atoms with Gasteiger partial charge in [-0.3, -0.25) is 14.1 Å². The van der Waals surface area contributed by atoms with E-state index in [0.717, 1.165) is 30.0 Å². The third kappa shape index (κ3) is 3.68. The summed E-state index contributed by atoms with van der Waals surface area (Å²) < 4.78 is 7.93. The maximum atomic E-state index is 11.1.